The number of benzene rings is 1. The van der Waals surface area contributed by atoms with E-state index >= 15 is 0 Å². The number of hydrogen-bond acceptors (Lipinski definition) is 2. The molecule has 0 amide bonds. The van der Waals surface area contributed by atoms with Gasteiger partial charge in [0.25, 0.3) is 0 Å². The van der Waals surface area contributed by atoms with Gasteiger partial charge in [-0.2, -0.15) is 5.10 Å². The molecule has 0 unspecified atom stereocenters. The number of aryl methyl sites for hydroxylation is 1. The lowest BCUT2D eigenvalue weighted by Crippen LogP contribution is -2.12. The van der Waals surface area contributed by atoms with Crippen molar-refractivity contribution in [3.05, 3.63) is 45.1 Å². The zero-order chi connectivity index (χ0) is 13.1. The van der Waals surface area contributed by atoms with Gasteiger partial charge in [-0.3, -0.25) is 0 Å². The van der Waals surface area contributed by atoms with Crippen LogP contribution < -0.4 is 5.32 Å². The summed E-state index contributed by atoms with van der Waals surface area (Å²) in [5.74, 6) is 0. The fourth-order valence-electron chi connectivity index (χ4n) is 1.65. The summed E-state index contributed by atoms with van der Waals surface area (Å²) >= 11 is 9.60. The standard InChI is InChI=1S/C13H15BrClN3/c1-3-16-7-10-4-5-11(6-12(10)14)18-8-13(15)9(2)17-18/h4-6,8,16H,3,7H2,1-2H3. The van der Waals surface area contributed by atoms with Crippen LogP contribution in [0.5, 0.6) is 0 Å². The molecule has 18 heavy (non-hydrogen) atoms. The zero-order valence-electron chi connectivity index (χ0n) is 10.4. The molecule has 0 aliphatic rings. The third-order valence-electron chi connectivity index (χ3n) is 2.71. The van der Waals surface area contributed by atoms with Gasteiger partial charge < -0.3 is 5.32 Å². The molecule has 1 N–H and O–H groups in total. The van der Waals surface area contributed by atoms with Gasteiger partial charge in [0.05, 0.1) is 16.4 Å². The lowest BCUT2D eigenvalue weighted by atomic mass is 10.2. The fraction of sp³-hybridized carbons (Fsp3) is 0.308. The van der Waals surface area contributed by atoms with Crippen molar-refractivity contribution in [3.8, 4) is 5.69 Å². The minimum absolute atomic E-state index is 0.683. The highest BCUT2D eigenvalue weighted by molar-refractivity contribution is 9.10. The molecule has 0 bridgehead atoms. The van der Waals surface area contributed by atoms with Crippen molar-refractivity contribution in [2.24, 2.45) is 0 Å². The first-order valence-corrected chi connectivity index (χ1v) is 7.00. The van der Waals surface area contributed by atoms with E-state index in [9.17, 15) is 0 Å². The van der Waals surface area contributed by atoms with Crippen molar-refractivity contribution >= 4 is 27.5 Å². The SMILES string of the molecule is CCNCc1ccc(-n2cc(Cl)c(C)n2)cc1Br. The minimum Gasteiger partial charge on any atom is -0.313 e. The minimum atomic E-state index is 0.683. The molecular formula is C13H15BrClN3. The van der Waals surface area contributed by atoms with Crippen molar-refractivity contribution in [3.63, 3.8) is 0 Å². The molecule has 5 heteroatoms. The second-order valence-electron chi connectivity index (χ2n) is 4.06. The van der Waals surface area contributed by atoms with Crippen molar-refractivity contribution in [1.82, 2.24) is 15.1 Å². The Morgan fingerprint density at radius 3 is 2.78 bits per heavy atom. The van der Waals surface area contributed by atoms with E-state index in [1.165, 1.54) is 5.56 Å². The van der Waals surface area contributed by atoms with Crippen LogP contribution in [0, 0.1) is 6.92 Å². The topological polar surface area (TPSA) is 29.9 Å². The van der Waals surface area contributed by atoms with Crippen LogP contribution in [-0.4, -0.2) is 16.3 Å². The van der Waals surface area contributed by atoms with Gasteiger partial charge in [-0.25, -0.2) is 4.68 Å². The first kappa shape index (κ1) is 13.6. The highest BCUT2D eigenvalue weighted by Gasteiger charge is 2.06. The average molecular weight is 329 g/mol. The summed E-state index contributed by atoms with van der Waals surface area (Å²) < 4.78 is 2.87. The molecule has 0 saturated heterocycles. The molecule has 0 spiro atoms. The first-order chi connectivity index (χ1) is 8.61. The van der Waals surface area contributed by atoms with Crippen LogP contribution in [0.2, 0.25) is 5.02 Å². The zero-order valence-corrected chi connectivity index (χ0v) is 12.7. The van der Waals surface area contributed by atoms with Crippen molar-refractivity contribution in [2.75, 3.05) is 6.54 Å². The number of rotatable bonds is 4. The Morgan fingerprint density at radius 1 is 1.44 bits per heavy atom. The van der Waals surface area contributed by atoms with Crippen LogP contribution in [0.1, 0.15) is 18.2 Å². The highest BCUT2D eigenvalue weighted by Crippen LogP contribution is 2.22. The van der Waals surface area contributed by atoms with E-state index in [4.69, 9.17) is 11.6 Å². The van der Waals surface area contributed by atoms with Gasteiger partial charge in [0, 0.05) is 17.2 Å². The van der Waals surface area contributed by atoms with E-state index in [0.29, 0.717) is 5.02 Å². The van der Waals surface area contributed by atoms with E-state index in [0.717, 1.165) is 28.9 Å². The molecule has 0 radical (unpaired) electrons. The fourth-order valence-corrected chi connectivity index (χ4v) is 2.29. The van der Waals surface area contributed by atoms with Crippen LogP contribution >= 0.6 is 27.5 Å². The van der Waals surface area contributed by atoms with Gasteiger partial charge in [0.15, 0.2) is 0 Å². The Balaban J connectivity index is 2.28. The van der Waals surface area contributed by atoms with Crippen LogP contribution in [0.3, 0.4) is 0 Å². The lowest BCUT2D eigenvalue weighted by molar-refractivity contribution is 0.724. The highest BCUT2D eigenvalue weighted by atomic mass is 79.9. The Kier molecular flexibility index (Phi) is 4.43. The molecule has 0 atom stereocenters. The number of aromatic nitrogens is 2. The van der Waals surface area contributed by atoms with E-state index in [2.05, 4.69) is 45.4 Å². The molecule has 0 aliphatic carbocycles. The quantitative estimate of drug-likeness (QED) is 0.927. The first-order valence-electron chi connectivity index (χ1n) is 5.83. The molecule has 2 rings (SSSR count). The summed E-state index contributed by atoms with van der Waals surface area (Å²) in [6.45, 7) is 5.81. The van der Waals surface area contributed by atoms with Gasteiger partial charge in [0.2, 0.25) is 0 Å². The molecule has 1 aromatic carbocycles. The number of hydrogen-bond donors (Lipinski definition) is 1. The molecule has 0 aliphatic heterocycles. The molecule has 2 aromatic rings. The summed E-state index contributed by atoms with van der Waals surface area (Å²) in [6, 6.07) is 6.18. The van der Waals surface area contributed by atoms with E-state index in [-0.39, 0.29) is 0 Å². The predicted molar refractivity (Wildman–Crippen MR) is 78.4 cm³/mol. The summed E-state index contributed by atoms with van der Waals surface area (Å²) in [7, 11) is 0. The van der Waals surface area contributed by atoms with Gasteiger partial charge >= 0.3 is 0 Å². The van der Waals surface area contributed by atoms with Gasteiger partial charge in [-0.15, -0.1) is 0 Å². The van der Waals surface area contributed by atoms with Gasteiger partial charge in [-0.1, -0.05) is 40.5 Å². The smallest absolute Gasteiger partial charge is 0.0819 e. The number of halogens is 2. The summed E-state index contributed by atoms with van der Waals surface area (Å²) in [6.07, 6.45) is 1.82. The van der Waals surface area contributed by atoms with Crippen molar-refractivity contribution < 1.29 is 0 Å². The molecule has 1 heterocycles. The summed E-state index contributed by atoms with van der Waals surface area (Å²) in [5.41, 5.74) is 3.07. The van der Waals surface area contributed by atoms with E-state index in [1.54, 1.807) is 4.68 Å². The van der Waals surface area contributed by atoms with Gasteiger partial charge in [-0.05, 0) is 31.2 Å². The Morgan fingerprint density at radius 2 is 2.22 bits per heavy atom. The third kappa shape index (κ3) is 2.94. The Hall–Kier alpha value is -0.840. The molecule has 96 valence electrons. The largest absolute Gasteiger partial charge is 0.313 e. The number of nitrogens with one attached hydrogen (secondary N) is 1. The van der Waals surface area contributed by atoms with Crippen LogP contribution in [0.25, 0.3) is 5.69 Å². The molecule has 3 nitrogen and oxygen atoms in total. The van der Waals surface area contributed by atoms with Crippen molar-refractivity contribution in [1.29, 1.82) is 0 Å². The maximum Gasteiger partial charge on any atom is 0.0819 e. The van der Waals surface area contributed by atoms with Crippen LogP contribution in [-0.2, 0) is 6.54 Å². The Labute approximate surface area is 120 Å². The number of nitrogens with zero attached hydrogens (tertiary/aromatic N) is 2. The summed E-state index contributed by atoms with van der Waals surface area (Å²) in [5, 5.41) is 8.35. The maximum atomic E-state index is 6.01. The average Bonchev–Trinajstić information content (AvgIpc) is 2.68. The third-order valence-corrected chi connectivity index (χ3v) is 3.81. The normalized spacial score (nSPS) is 10.9. The molecule has 0 saturated carbocycles. The van der Waals surface area contributed by atoms with Crippen molar-refractivity contribution in [2.45, 2.75) is 20.4 Å². The van der Waals surface area contributed by atoms with E-state index < -0.39 is 0 Å². The maximum absolute atomic E-state index is 6.01. The van der Waals surface area contributed by atoms with Crippen LogP contribution in [0.4, 0.5) is 0 Å². The Bertz CT molecular complexity index is 532. The molecule has 1 aromatic heterocycles. The second-order valence-corrected chi connectivity index (χ2v) is 5.32. The monoisotopic (exact) mass is 327 g/mol. The predicted octanol–water partition coefficient (Wildman–Crippen LogP) is 3.71. The van der Waals surface area contributed by atoms with Gasteiger partial charge in [0.1, 0.15) is 0 Å². The molecular weight excluding hydrogens is 314 g/mol. The lowest BCUT2D eigenvalue weighted by Gasteiger charge is -2.08. The van der Waals surface area contributed by atoms with E-state index in [1.807, 2.05) is 19.2 Å². The second kappa shape index (κ2) is 5.87. The molecule has 0 fully saturated rings. The summed E-state index contributed by atoms with van der Waals surface area (Å²) in [4.78, 5) is 0. The van der Waals surface area contributed by atoms with Crippen LogP contribution in [0.15, 0.2) is 28.9 Å².